The van der Waals surface area contributed by atoms with Crippen LogP contribution < -0.4 is 11.1 Å². The molecule has 0 spiro atoms. The smallest absolute Gasteiger partial charge is 0.125 e. The molecule has 1 aromatic heterocycles. The number of anilines is 3. The second-order valence-corrected chi connectivity index (χ2v) is 4.08. The molecule has 0 fully saturated rings. The molecule has 0 saturated carbocycles. The quantitative estimate of drug-likeness (QED) is 0.888. The highest BCUT2D eigenvalue weighted by molar-refractivity contribution is 9.10. The maximum atomic E-state index is 13.0. The molecule has 0 saturated heterocycles. The Morgan fingerprint density at radius 3 is 2.81 bits per heavy atom. The van der Waals surface area contributed by atoms with Crippen LogP contribution in [0, 0.1) is 5.82 Å². The summed E-state index contributed by atoms with van der Waals surface area (Å²) in [5, 5.41) is 3.03. The third-order valence-corrected chi connectivity index (χ3v) is 2.62. The molecule has 5 heteroatoms. The van der Waals surface area contributed by atoms with Gasteiger partial charge in [0.05, 0.1) is 22.0 Å². The van der Waals surface area contributed by atoms with Crippen molar-refractivity contribution in [2.45, 2.75) is 0 Å². The van der Waals surface area contributed by atoms with Gasteiger partial charge in [-0.3, -0.25) is 4.98 Å². The lowest BCUT2D eigenvalue weighted by Crippen LogP contribution is -1.98. The van der Waals surface area contributed by atoms with Crippen LogP contribution in [0.15, 0.2) is 41.1 Å². The summed E-state index contributed by atoms with van der Waals surface area (Å²) < 4.78 is 13.7. The molecule has 0 atom stereocenters. The van der Waals surface area contributed by atoms with E-state index in [-0.39, 0.29) is 5.82 Å². The molecule has 2 aromatic rings. The number of nitrogens with two attached hydrogens (primary N) is 1. The van der Waals surface area contributed by atoms with Crippen molar-refractivity contribution in [3.05, 3.63) is 46.9 Å². The standard InChI is InChI=1S/C11H9BrFN3/c12-9-5-15-6-10(14)11(9)16-8-3-1-2-7(13)4-8/h1-6H,14H2,(H,15,16). The fourth-order valence-corrected chi connectivity index (χ4v) is 1.74. The van der Waals surface area contributed by atoms with Gasteiger partial charge >= 0.3 is 0 Å². The monoisotopic (exact) mass is 281 g/mol. The number of halogens is 2. The third kappa shape index (κ3) is 2.30. The Morgan fingerprint density at radius 2 is 2.12 bits per heavy atom. The minimum atomic E-state index is -0.297. The zero-order valence-electron chi connectivity index (χ0n) is 8.24. The molecule has 0 aliphatic heterocycles. The van der Waals surface area contributed by atoms with Gasteiger partial charge in [-0.2, -0.15) is 0 Å². The molecule has 1 aromatic carbocycles. The third-order valence-electron chi connectivity index (χ3n) is 2.02. The normalized spacial score (nSPS) is 10.1. The van der Waals surface area contributed by atoms with Gasteiger partial charge in [-0.05, 0) is 34.1 Å². The number of benzene rings is 1. The van der Waals surface area contributed by atoms with E-state index in [0.29, 0.717) is 17.1 Å². The van der Waals surface area contributed by atoms with Crippen molar-refractivity contribution in [2.75, 3.05) is 11.1 Å². The van der Waals surface area contributed by atoms with Crippen molar-refractivity contribution in [1.82, 2.24) is 4.98 Å². The van der Waals surface area contributed by atoms with Crippen LogP contribution in [0.2, 0.25) is 0 Å². The van der Waals surface area contributed by atoms with Crippen LogP contribution in [0.5, 0.6) is 0 Å². The molecule has 1 heterocycles. The Labute approximate surface area is 101 Å². The molecule has 0 amide bonds. The first-order valence-corrected chi connectivity index (χ1v) is 5.37. The van der Waals surface area contributed by atoms with Crippen molar-refractivity contribution in [2.24, 2.45) is 0 Å². The number of hydrogen-bond donors (Lipinski definition) is 2. The molecule has 0 aliphatic rings. The Morgan fingerprint density at radius 1 is 1.31 bits per heavy atom. The van der Waals surface area contributed by atoms with Crippen LogP contribution in [0.1, 0.15) is 0 Å². The van der Waals surface area contributed by atoms with Gasteiger partial charge in [-0.25, -0.2) is 4.39 Å². The lowest BCUT2D eigenvalue weighted by molar-refractivity contribution is 0.628. The van der Waals surface area contributed by atoms with Gasteiger partial charge in [0, 0.05) is 11.9 Å². The summed E-state index contributed by atoms with van der Waals surface area (Å²) in [6.07, 6.45) is 3.16. The molecule has 0 aliphatic carbocycles. The number of nitrogens with zero attached hydrogens (tertiary/aromatic N) is 1. The fourth-order valence-electron chi connectivity index (χ4n) is 1.29. The second kappa shape index (κ2) is 4.49. The van der Waals surface area contributed by atoms with Gasteiger partial charge in [-0.15, -0.1) is 0 Å². The predicted molar refractivity (Wildman–Crippen MR) is 66.0 cm³/mol. The van der Waals surface area contributed by atoms with E-state index in [9.17, 15) is 4.39 Å². The van der Waals surface area contributed by atoms with Crippen LogP contribution in [0.3, 0.4) is 0 Å². The molecule has 3 nitrogen and oxygen atoms in total. The van der Waals surface area contributed by atoms with Gasteiger partial charge in [0.25, 0.3) is 0 Å². The topological polar surface area (TPSA) is 50.9 Å². The van der Waals surface area contributed by atoms with E-state index in [0.717, 1.165) is 4.47 Å². The van der Waals surface area contributed by atoms with E-state index in [4.69, 9.17) is 5.73 Å². The van der Waals surface area contributed by atoms with E-state index in [2.05, 4.69) is 26.2 Å². The Hall–Kier alpha value is -1.62. The summed E-state index contributed by atoms with van der Waals surface area (Å²) in [5.74, 6) is -0.297. The van der Waals surface area contributed by atoms with Crippen molar-refractivity contribution >= 4 is 33.0 Å². The maximum Gasteiger partial charge on any atom is 0.125 e. The lowest BCUT2D eigenvalue weighted by atomic mass is 10.3. The zero-order chi connectivity index (χ0) is 11.5. The fraction of sp³-hybridized carbons (Fsp3) is 0. The highest BCUT2D eigenvalue weighted by atomic mass is 79.9. The SMILES string of the molecule is Nc1cncc(Br)c1Nc1cccc(F)c1. The summed E-state index contributed by atoms with van der Waals surface area (Å²) in [6, 6.07) is 6.17. The minimum absolute atomic E-state index is 0.297. The first-order chi connectivity index (χ1) is 7.66. The predicted octanol–water partition coefficient (Wildman–Crippen LogP) is 3.31. The molecule has 0 radical (unpaired) electrons. The summed E-state index contributed by atoms with van der Waals surface area (Å²) in [4.78, 5) is 3.92. The minimum Gasteiger partial charge on any atom is -0.396 e. The first-order valence-electron chi connectivity index (χ1n) is 4.58. The number of nitrogen functional groups attached to an aromatic ring is 1. The number of pyridine rings is 1. The van der Waals surface area contributed by atoms with Crippen molar-refractivity contribution < 1.29 is 4.39 Å². The molecule has 16 heavy (non-hydrogen) atoms. The van der Waals surface area contributed by atoms with Crippen LogP contribution in [0.4, 0.5) is 21.5 Å². The Kier molecular flexibility index (Phi) is 3.05. The molecular formula is C11H9BrFN3. The Bertz CT molecular complexity index is 496. The van der Waals surface area contributed by atoms with E-state index in [1.807, 2.05) is 0 Å². The van der Waals surface area contributed by atoms with Crippen LogP contribution >= 0.6 is 15.9 Å². The van der Waals surface area contributed by atoms with Gasteiger partial charge in [0.2, 0.25) is 0 Å². The van der Waals surface area contributed by atoms with E-state index < -0.39 is 0 Å². The number of aromatic nitrogens is 1. The molecular weight excluding hydrogens is 273 g/mol. The molecule has 0 unspecified atom stereocenters. The number of hydrogen-bond acceptors (Lipinski definition) is 3. The van der Waals surface area contributed by atoms with E-state index in [1.165, 1.54) is 18.3 Å². The highest BCUT2D eigenvalue weighted by Crippen LogP contribution is 2.30. The maximum absolute atomic E-state index is 13.0. The van der Waals surface area contributed by atoms with E-state index >= 15 is 0 Å². The zero-order valence-corrected chi connectivity index (χ0v) is 9.83. The highest BCUT2D eigenvalue weighted by Gasteiger charge is 2.05. The van der Waals surface area contributed by atoms with Crippen LogP contribution in [0.25, 0.3) is 0 Å². The largest absolute Gasteiger partial charge is 0.396 e. The van der Waals surface area contributed by atoms with Gasteiger partial charge in [-0.1, -0.05) is 6.07 Å². The van der Waals surface area contributed by atoms with Gasteiger partial charge in [0.15, 0.2) is 0 Å². The second-order valence-electron chi connectivity index (χ2n) is 3.22. The summed E-state index contributed by atoms with van der Waals surface area (Å²) in [6.45, 7) is 0. The lowest BCUT2D eigenvalue weighted by Gasteiger charge is -2.10. The van der Waals surface area contributed by atoms with Crippen molar-refractivity contribution in [3.8, 4) is 0 Å². The first kappa shape index (κ1) is 10.9. The summed E-state index contributed by atoms with van der Waals surface area (Å²) in [5.41, 5.74) is 7.58. The van der Waals surface area contributed by atoms with Crippen LogP contribution in [-0.4, -0.2) is 4.98 Å². The van der Waals surface area contributed by atoms with Gasteiger partial charge in [0.1, 0.15) is 5.82 Å². The van der Waals surface area contributed by atoms with Gasteiger partial charge < -0.3 is 11.1 Å². The Balaban J connectivity index is 2.34. The number of rotatable bonds is 2. The number of nitrogens with one attached hydrogen (secondary N) is 1. The van der Waals surface area contributed by atoms with E-state index in [1.54, 1.807) is 18.3 Å². The average Bonchev–Trinajstić information content (AvgIpc) is 2.24. The molecule has 3 N–H and O–H groups in total. The summed E-state index contributed by atoms with van der Waals surface area (Å²) >= 11 is 3.32. The molecule has 0 bridgehead atoms. The molecule has 82 valence electrons. The van der Waals surface area contributed by atoms with Crippen molar-refractivity contribution in [1.29, 1.82) is 0 Å². The summed E-state index contributed by atoms with van der Waals surface area (Å²) in [7, 11) is 0. The van der Waals surface area contributed by atoms with Crippen LogP contribution in [-0.2, 0) is 0 Å². The molecule has 2 rings (SSSR count). The van der Waals surface area contributed by atoms with Crippen molar-refractivity contribution in [3.63, 3.8) is 0 Å². The average molecular weight is 282 g/mol.